The Kier molecular flexibility index (Phi) is 3.81. The van der Waals surface area contributed by atoms with Crippen molar-refractivity contribution in [3.8, 4) is 0 Å². The van der Waals surface area contributed by atoms with Crippen LogP contribution in [0.15, 0.2) is 47.3 Å². The summed E-state index contributed by atoms with van der Waals surface area (Å²) in [7, 11) is 1.72. The third kappa shape index (κ3) is 2.70. The summed E-state index contributed by atoms with van der Waals surface area (Å²) in [6, 6.07) is 13.1. The molecule has 0 N–H and O–H groups in total. The minimum Gasteiger partial charge on any atom is -0.332 e. The molecule has 0 aliphatic carbocycles. The number of aromatic nitrogens is 2. The molecule has 0 spiro atoms. The molecule has 126 valence electrons. The number of hydrogen-bond acceptors (Lipinski definition) is 3. The van der Waals surface area contributed by atoms with Gasteiger partial charge in [-0.15, -0.1) is 0 Å². The minimum absolute atomic E-state index is 0.0587. The Hall–Kier alpha value is -2.66. The van der Waals surface area contributed by atoms with Crippen LogP contribution in [-0.4, -0.2) is 27.1 Å². The van der Waals surface area contributed by atoms with Crippen LogP contribution >= 0.6 is 11.6 Å². The first-order valence-corrected chi connectivity index (χ1v) is 8.45. The Bertz CT molecular complexity index is 1060. The molecule has 1 aliphatic rings. The summed E-state index contributed by atoms with van der Waals surface area (Å²) in [6.45, 7) is 1.07. The topological polar surface area (TPSA) is 55.2 Å². The Morgan fingerprint density at radius 3 is 2.72 bits per heavy atom. The number of hydrogen-bond donors (Lipinski definition) is 0. The molecular formula is C19H16ClN3O2. The van der Waals surface area contributed by atoms with Gasteiger partial charge in [-0.3, -0.25) is 14.3 Å². The molecule has 0 bridgehead atoms. The molecule has 0 radical (unpaired) electrons. The highest BCUT2D eigenvalue weighted by molar-refractivity contribution is 6.31. The van der Waals surface area contributed by atoms with E-state index in [-0.39, 0.29) is 17.0 Å². The second-order valence-corrected chi connectivity index (χ2v) is 6.64. The van der Waals surface area contributed by atoms with Crippen molar-refractivity contribution >= 4 is 28.4 Å². The molecule has 1 aromatic heterocycles. The molecule has 0 saturated heterocycles. The van der Waals surface area contributed by atoms with Crippen LogP contribution in [0.2, 0.25) is 5.02 Å². The van der Waals surface area contributed by atoms with Gasteiger partial charge in [-0.1, -0.05) is 35.9 Å². The van der Waals surface area contributed by atoms with E-state index < -0.39 is 0 Å². The van der Waals surface area contributed by atoms with E-state index in [0.29, 0.717) is 29.0 Å². The lowest BCUT2D eigenvalue weighted by Crippen LogP contribution is -2.39. The lowest BCUT2D eigenvalue weighted by molar-refractivity contribution is 0.0725. The molecule has 0 atom stereocenters. The summed E-state index contributed by atoms with van der Waals surface area (Å²) in [4.78, 5) is 27.4. The molecule has 5 nitrogen and oxygen atoms in total. The van der Waals surface area contributed by atoms with Gasteiger partial charge in [0.15, 0.2) is 5.69 Å². The summed E-state index contributed by atoms with van der Waals surface area (Å²) < 4.78 is 1.55. The Morgan fingerprint density at radius 1 is 1.16 bits per heavy atom. The second-order valence-electron chi connectivity index (χ2n) is 6.21. The fourth-order valence-corrected chi connectivity index (χ4v) is 3.48. The van der Waals surface area contributed by atoms with E-state index in [4.69, 9.17) is 11.6 Å². The highest BCUT2D eigenvalue weighted by Gasteiger charge is 2.25. The van der Waals surface area contributed by atoms with E-state index in [1.807, 2.05) is 18.2 Å². The predicted molar refractivity (Wildman–Crippen MR) is 96.9 cm³/mol. The highest BCUT2D eigenvalue weighted by Crippen LogP contribution is 2.20. The fourth-order valence-electron chi connectivity index (χ4n) is 3.31. The lowest BCUT2D eigenvalue weighted by atomic mass is 9.99. The number of halogens is 1. The largest absolute Gasteiger partial charge is 0.332 e. The second kappa shape index (κ2) is 6.01. The van der Waals surface area contributed by atoms with Crippen molar-refractivity contribution in [1.29, 1.82) is 0 Å². The molecule has 0 saturated carbocycles. The Balaban J connectivity index is 1.76. The maximum atomic E-state index is 12.9. The maximum Gasteiger partial charge on any atom is 0.278 e. The zero-order chi connectivity index (χ0) is 17.6. The molecular weight excluding hydrogens is 338 g/mol. The van der Waals surface area contributed by atoms with Crippen molar-refractivity contribution < 1.29 is 4.79 Å². The first-order valence-electron chi connectivity index (χ1n) is 8.07. The van der Waals surface area contributed by atoms with E-state index in [9.17, 15) is 9.59 Å². The van der Waals surface area contributed by atoms with Crippen molar-refractivity contribution in [2.75, 3.05) is 6.54 Å². The molecule has 2 aromatic carbocycles. The van der Waals surface area contributed by atoms with Gasteiger partial charge in [0.2, 0.25) is 5.43 Å². The summed E-state index contributed by atoms with van der Waals surface area (Å²) in [5.41, 5.74) is 2.58. The molecule has 1 amide bonds. The molecule has 3 aromatic rings. The molecule has 6 heteroatoms. The first-order chi connectivity index (χ1) is 12.0. The molecule has 2 heterocycles. The van der Waals surface area contributed by atoms with Crippen molar-refractivity contribution in [3.05, 3.63) is 74.5 Å². The third-order valence-electron chi connectivity index (χ3n) is 4.64. The van der Waals surface area contributed by atoms with Crippen LogP contribution in [0.5, 0.6) is 0 Å². The van der Waals surface area contributed by atoms with Crippen LogP contribution in [0, 0.1) is 0 Å². The Labute approximate surface area is 149 Å². The van der Waals surface area contributed by atoms with Gasteiger partial charge in [0.05, 0.1) is 10.9 Å². The van der Waals surface area contributed by atoms with Gasteiger partial charge in [0.25, 0.3) is 5.91 Å². The molecule has 25 heavy (non-hydrogen) atoms. The number of carbonyl (C=O) groups excluding carboxylic acids is 1. The first kappa shape index (κ1) is 15.8. The number of fused-ring (bicyclic) bond motifs is 2. The maximum absolute atomic E-state index is 12.9. The van der Waals surface area contributed by atoms with Crippen LogP contribution in [-0.2, 0) is 20.0 Å². The van der Waals surface area contributed by atoms with Crippen molar-refractivity contribution in [2.45, 2.75) is 13.0 Å². The van der Waals surface area contributed by atoms with E-state index in [1.54, 1.807) is 34.8 Å². The van der Waals surface area contributed by atoms with Crippen molar-refractivity contribution in [3.63, 3.8) is 0 Å². The van der Waals surface area contributed by atoms with Crippen LogP contribution in [0.25, 0.3) is 10.9 Å². The molecule has 0 fully saturated rings. The number of aryl methyl sites for hydroxylation is 1. The summed E-state index contributed by atoms with van der Waals surface area (Å²) in [5.74, 6) is -0.336. The number of rotatable bonds is 1. The van der Waals surface area contributed by atoms with Crippen LogP contribution in [0.1, 0.15) is 21.6 Å². The van der Waals surface area contributed by atoms with Crippen molar-refractivity contribution in [1.82, 2.24) is 14.7 Å². The number of amides is 1. The lowest BCUT2D eigenvalue weighted by Gasteiger charge is -2.28. The van der Waals surface area contributed by atoms with Gasteiger partial charge in [0, 0.05) is 25.2 Å². The van der Waals surface area contributed by atoms with E-state index in [1.165, 1.54) is 5.56 Å². The smallest absolute Gasteiger partial charge is 0.278 e. The molecule has 0 unspecified atom stereocenters. The van der Waals surface area contributed by atoms with E-state index >= 15 is 0 Å². The Morgan fingerprint density at radius 2 is 1.92 bits per heavy atom. The van der Waals surface area contributed by atoms with Gasteiger partial charge in [0.1, 0.15) is 0 Å². The van der Waals surface area contributed by atoms with Gasteiger partial charge in [-0.25, -0.2) is 0 Å². The van der Waals surface area contributed by atoms with Gasteiger partial charge in [-0.05, 0) is 35.7 Å². The normalized spacial score (nSPS) is 13.8. The summed E-state index contributed by atoms with van der Waals surface area (Å²) >= 11 is 6.02. The fraction of sp³-hybridized carbons (Fsp3) is 0.211. The standard InChI is InChI=1S/C19H16ClN3O2/c1-22-16-7-6-14(20)10-15(16)18(24)17(21-22)19(25)23-9-8-12-4-2-3-5-13(12)11-23/h2-7,10H,8-9,11H2,1H3. The predicted octanol–water partition coefficient (Wildman–Crippen LogP) is 2.79. The average Bonchev–Trinajstić information content (AvgIpc) is 2.63. The summed E-state index contributed by atoms with van der Waals surface area (Å²) in [6.07, 6.45) is 0.779. The van der Waals surface area contributed by atoms with E-state index in [0.717, 1.165) is 12.0 Å². The minimum atomic E-state index is -0.376. The highest BCUT2D eigenvalue weighted by atomic mass is 35.5. The van der Waals surface area contributed by atoms with Crippen LogP contribution < -0.4 is 5.43 Å². The average molecular weight is 354 g/mol. The van der Waals surface area contributed by atoms with Crippen LogP contribution in [0.3, 0.4) is 0 Å². The van der Waals surface area contributed by atoms with Gasteiger partial charge < -0.3 is 4.90 Å². The van der Waals surface area contributed by atoms with Gasteiger partial charge in [-0.2, -0.15) is 5.10 Å². The quantitative estimate of drug-likeness (QED) is 0.676. The monoisotopic (exact) mass is 353 g/mol. The third-order valence-corrected chi connectivity index (χ3v) is 4.87. The summed E-state index contributed by atoms with van der Waals surface area (Å²) in [5, 5.41) is 5.10. The van der Waals surface area contributed by atoms with Gasteiger partial charge >= 0.3 is 0 Å². The van der Waals surface area contributed by atoms with Crippen molar-refractivity contribution in [2.24, 2.45) is 7.05 Å². The number of nitrogens with zero attached hydrogens (tertiary/aromatic N) is 3. The van der Waals surface area contributed by atoms with Crippen LogP contribution in [0.4, 0.5) is 0 Å². The zero-order valence-electron chi connectivity index (χ0n) is 13.7. The van der Waals surface area contributed by atoms with E-state index in [2.05, 4.69) is 11.2 Å². The molecule has 1 aliphatic heterocycles. The zero-order valence-corrected chi connectivity index (χ0v) is 14.5. The molecule has 4 rings (SSSR count). The SMILES string of the molecule is Cn1nc(C(=O)N2CCc3ccccc3C2)c(=O)c2cc(Cl)ccc21. The number of benzene rings is 2. The number of carbonyl (C=O) groups is 1.